The molecule has 0 aliphatic carbocycles. The van der Waals surface area contributed by atoms with Crippen LogP contribution >= 0.6 is 11.3 Å². The minimum absolute atomic E-state index is 0.119. The van der Waals surface area contributed by atoms with Crippen LogP contribution in [-0.4, -0.2) is 46.4 Å². The van der Waals surface area contributed by atoms with Crippen LogP contribution in [0.15, 0.2) is 60.8 Å². The zero-order valence-electron chi connectivity index (χ0n) is 17.2. The van der Waals surface area contributed by atoms with E-state index in [1.165, 1.54) is 22.6 Å². The van der Waals surface area contributed by atoms with Crippen molar-refractivity contribution >= 4 is 27.9 Å². The summed E-state index contributed by atoms with van der Waals surface area (Å²) < 4.78 is 2.04. The van der Waals surface area contributed by atoms with Crippen molar-refractivity contribution in [3.8, 4) is 11.3 Å². The molecule has 0 bridgehead atoms. The van der Waals surface area contributed by atoms with Gasteiger partial charge in [-0.15, -0.1) is 0 Å². The number of anilines is 1. The monoisotopic (exact) mass is 416 g/mol. The van der Waals surface area contributed by atoms with Gasteiger partial charge in [0.25, 0.3) is 5.91 Å². The number of piperazine rings is 1. The Balaban J connectivity index is 1.33. The van der Waals surface area contributed by atoms with E-state index in [0.29, 0.717) is 0 Å². The third-order valence-electron chi connectivity index (χ3n) is 5.75. The summed E-state index contributed by atoms with van der Waals surface area (Å²) in [4.78, 5) is 24.0. The predicted molar refractivity (Wildman–Crippen MR) is 123 cm³/mol. The van der Waals surface area contributed by atoms with Crippen molar-refractivity contribution < 1.29 is 4.79 Å². The largest absolute Gasteiger partial charge is 0.368 e. The Hall–Kier alpha value is -3.12. The van der Waals surface area contributed by atoms with Crippen LogP contribution in [0, 0.1) is 13.8 Å². The van der Waals surface area contributed by atoms with Gasteiger partial charge in [0.05, 0.1) is 5.69 Å². The lowest BCUT2D eigenvalue weighted by Crippen LogP contribution is -2.48. The average Bonchev–Trinajstić information content (AvgIpc) is 3.33. The van der Waals surface area contributed by atoms with E-state index in [9.17, 15) is 4.79 Å². The second-order valence-corrected chi connectivity index (χ2v) is 8.76. The van der Waals surface area contributed by atoms with Crippen LogP contribution < -0.4 is 4.90 Å². The van der Waals surface area contributed by atoms with Gasteiger partial charge in [0, 0.05) is 49.3 Å². The molecule has 1 amide bonds. The lowest BCUT2D eigenvalue weighted by atomic mass is 10.2. The summed E-state index contributed by atoms with van der Waals surface area (Å²) in [6, 6.07) is 18.7. The van der Waals surface area contributed by atoms with Gasteiger partial charge >= 0.3 is 0 Å². The molecule has 5 nitrogen and oxygen atoms in total. The fourth-order valence-electron chi connectivity index (χ4n) is 4.03. The molecule has 6 heteroatoms. The highest BCUT2D eigenvalue weighted by molar-refractivity contribution is 7.19. The van der Waals surface area contributed by atoms with E-state index in [0.717, 1.165) is 53.0 Å². The van der Waals surface area contributed by atoms with Crippen molar-refractivity contribution in [1.82, 2.24) is 14.3 Å². The Labute approximate surface area is 180 Å². The van der Waals surface area contributed by atoms with Crippen LogP contribution in [0.25, 0.3) is 16.2 Å². The van der Waals surface area contributed by atoms with Crippen LogP contribution in [0.4, 0.5) is 5.69 Å². The fraction of sp³-hybridized carbons (Fsp3) is 0.250. The predicted octanol–water partition coefficient (Wildman–Crippen LogP) is 4.64. The SMILES string of the molecule is Cc1cccc(N2CCN(C(=O)c3sc4nc(-c5ccccc5)cn4c3C)CC2)c1. The standard InChI is InChI=1S/C24H24N4OS/c1-17-7-6-10-20(15-17)26-11-13-27(14-12-26)23(29)22-18(2)28-16-21(25-24(28)30-22)19-8-4-3-5-9-19/h3-10,15-16H,11-14H2,1-2H3. The van der Waals surface area contributed by atoms with Crippen LogP contribution in [0.1, 0.15) is 20.9 Å². The van der Waals surface area contributed by atoms with Crippen LogP contribution in [0.2, 0.25) is 0 Å². The van der Waals surface area contributed by atoms with Crippen LogP contribution in [0.5, 0.6) is 0 Å². The van der Waals surface area contributed by atoms with Gasteiger partial charge in [-0.1, -0.05) is 53.8 Å². The highest BCUT2D eigenvalue weighted by atomic mass is 32.1. The number of fused-ring (bicyclic) bond motifs is 1. The summed E-state index contributed by atoms with van der Waals surface area (Å²) in [5, 5.41) is 0. The van der Waals surface area contributed by atoms with Crippen molar-refractivity contribution in [2.24, 2.45) is 0 Å². The average molecular weight is 417 g/mol. The topological polar surface area (TPSA) is 40.8 Å². The Morgan fingerprint density at radius 3 is 2.43 bits per heavy atom. The number of hydrogen-bond donors (Lipinski definition) is 0. The lowest BCUT2D eigenvalue weighted by Gasteiger charge is -2.36. The molecular formula is C24H24N4OS. The molecule has 2 aromatic carbocycles. The number of rotatable bonds is 3. The van der Waals surface area contributed by atoms with Crippen LogP contribution in [0.3, 0.4) is 0 Å². The molecule has 5 rings (SSSR count). The van der Waals surface area contributed by atoms with Crippen molar-refractivity contribution in [2.75, 3.05) is 31.1 Å². The van der Waals surface area contributed by atoms with Gasteiger partial charge in [-0.05, 0) is 31.5 Å². The number of imidazole rings is 1. The van der Waals surface area contributed by atoms with Crippen LogP contribution in [-0.2, 0) is 0 Å². The molecule has 2 aromatic heterocycles. The minimum Gasteiger partial charge on any atom is -0.368 e. The first-order valence-corrected chi connectivity index (χ1v) is 11.1. The number of carbonyl (C=O) groups is 1. The van der Waals surface area contributed by atoms with Gasteiger partial charge in [-0.2, -0.15) is 0 Å². The number of nitrogens with zero attached hydrogens (tertiary/aromatic N) is 4. The highest BCUT2D eigenvalue weighted by Crippen LogP contribution is 2.28. The summed E-state index contributed by atoms with van der Waals surface area (Å²) in [5.41, 5.74) is 5.50. The number of aromatic nitrogens is 2. The zero-order valence-corrected chi connectivity index (χ0v) is 18.0. The molecule has 0 saturated carbocycles. The summed E-state index contributed by atoms with van der Waals surface area (Å²) in [6.07, 6.45) is 2.03. The fourth-order valence-corrected chi connectivity index (χ4v) is 5.11. The Bertz CT molecular complexity index is 1200. The summed E-state index contributed by atoms with van der Waals surface area (Å²) in [6.45, 7) is 7.31. The maximum Gasteiger partial charge on any atom is 0.265 e. The van der Waals surface area contributed by atoms with Gasteiger partial charge in [0.1, 0.15) is 4.88 Å². The van der Waals surface area contributed by atoms with Gasteiger partial charge in [0.15, 0.2) is 4.96 Å². The molecule has 1 fully saturated rings. The smallest absolute Gasteiger partial charge is 0.265 e. The zero-order chi connectivity index (χ0) is 20.7. The lowest BCUT2D eigenvalue weighted by molar-refractivity contribution is 0.0750. The van der Waals surface area contributed by atoms with Gasteiger partial charge in [-0.25, -0.2) is 4.98 Å². The third kappa shape index (κ3) is 3.37. The second-order valence-electron chi connectivity index (χ2n) is 7.78. The molecule has 1 aliphatic heterocycles. The van der Waals surface area contributed by atoms with E-state index in [1.807, 2.05) is 40.6 Å². The van der Waals surface area contributed by atoms with E-state index < -0.39 is 0 Å². The van der Waals surface area contributed by atoms with Crippen molar-refractivity contribution in [3.63, 3.8) is 0 Å². The summed E-state index contributed by atoms with van der Waals surface area (Å²) in [5.74, 6) is 0.119. The van der Waals surface area contributed by atoms with Crippen molar-refractivity contribution in [1.29, 1.82) is 0 Å². The first kappa shape index (κ1) is 18.9. The number of thiazole rings is 1. The number of carbonyl (C=O) groups excluding carboxylic acids is 1. The number of aryl methyl sites for hydroxylation is 2. The molecular weight excluding hydrogens is 392 g/mol. The van der Waals surface area contributed by atoms with Crippen molar-refractivity contribution in [2.45, 2.75) is 13.8 Å². The molecule has 0 unspecified atom stereocenters. The molecule has 4 aromatic rings. The summed E-state index contributed by atoms with van der Waals surface area (Å²) in [7, 11) is 0. The summed E-state index contributed by atoms with van der Waals surface area (Å²) >= 11 is 1.49. The van der Waals surface area contributed by atoms with Gasteiger partial charge in [0.2, 0.25) is 0 Å². The Morgan fingerprint density at radius 1 is 0.967 bits per heavy atom. The van der Waals surface area contributed by atoms with Gasteiger partial charge < -0.3 is 9.80 Å². The number of hydrogen-bond acceptors (Lipinski definition) is 4. The normalized spacial score (nSPS) is 14.5. The molecule has 0 spiro atoms. The third-order valence-corrected chi connectivity index (χ3v) is 6.90. The molecule has 3 heterocycles. The molecule has 152 valence electrons. The first-order chi connectivity index (χ1) is 14.6. The number of amides is 1. The van der Waals surface area contributed by atoms with E-state index in [4.69, 9.17) is 4.98 Å². The molecule has 0 radical (unpaired) electrons. The Kier molecular flexibility index (Phi) is 4.79. The number of benzene rings is 2. The quantitative estimate of drug-likeness (QED) is 0.488. The molecule has 0 N–H and O–H groups in total. The van der Waals surface area contributed by atoms with Gasteiger partial charge in [-0.3, -0.25) is 9.20 Å². The highest BCUT2D eigenvalue weighted by Gasteiger charge is 2.26. The Morgan fingerprint density at radius 2 is 1.73 bits per heavy atom. The molecule has 1 saturated heterocycles. The molecule has 0 atom stereocenters. The van der Waals surface area contributed by atoms with E-state index in [1.54, 1.807) is 0 Å². The van der Waals surface area contributed by atoms with Crippen molar-refractivity contribution in [3.05, 3.63) is 76.9 Å². The molecule has 1 aliphatic rings. The van der Waals surface area contributed by atoms with E-state index in [2.05, 4.69) is 48.2 Å². The molecule has 30 heavy (non-hydrogen) atoms. The van der Waals surface area contributed by atoms with E-state index >= 15 is 0 Å². The second kappa shape index (κ2) is 7.61. The van der Waals surface area contributed by atoms with E-state index in [-0.39, 0.29) is 5.91 Å². The maximum atomic E-state index is 13.2. The first-order valence-electron chi connectivity index (χ1n) is 10.2. The minimum atomic E-state index is 0.119. The maximum absolute atomic E-state index is 13.2.